The number of aromatic carboxylic acids is 1. The Kier molecular flexibility index (Phi) is 4.66. The third-order valence-corrected chi connectivity index (χ3v) is 2.38. The molecule has 1 atom stereocenters. The van der Waals surface area contributed by atoms with Crippen LogP contribution in [0.4, 0.5) is 0 Å². The number of carboxylic acid groups (broad SMARTS) is 2. The van der Waals surface area contributed by atoms with E-state index < -0.39 is 18.0 Å². The first-order chi connectivity index (χ1) is 7.99. The summed E-state index contributed by atoms with van der Waals surface area (Å²) in [6, 6.07) is 6.30. The van der Waals surface area contributed by atoms with Gasteiger partial charge in [0, 0.05) is 0 Å². The van der Waals surface area contributed by atoms with E-state index in [4.69, 9.17) is 10.2 Å². The first-order valence-electron chi connectivity index (χ1n) is 5.21. The monoisotopic (exact) mass is 238 g/mol. The number of hydrogen-bond donors (Lipinski definition) is 3. The molecular formula is C12H14O5. The molecule has 17 heavy (non-hydrogen) atoms. The zero-order valence-electron chi connectivity index (χ0n) is 9.17. The Hall–Kier alpha value is -1.88. The average molecular weight is 238 g/mol. The van der Waals surface area contributed by atoms with Crippen LogP contribution in [0.1, 0.15) is 28.8 Å². The maximum atomic E-state index is 10.6. The van der Waals surface area contributed by atoms with Gasteiger partial charge in [-0.15, -0.1) is 0 Å². The van der Waals surface area contributed by atoms with Gasteiger partial charge in [-0.05, 0) is 30.5 Å². The lowest BCUT2D eigenvalue weighted by Crippen LogP contribution is -2.13. The van der Waals surface area contributed by atoms with Gasteiger partial charge in [-0.1, -0.05) is 12.1 Å². The van der Waals surface area contributed by atoms with Gasteiger partial charge in [-0.3, -0.25) is 4.79 Å². The molecule has 5 heteroatoms. The van der Waals surface area contributed by atoms with E-state index in [9.17, 15) is 14.7 Å². The summed E-state index contributed by atoms with van der Waals surface area (Å²) in [6.45, 7) is 0. The summed E-state index contributed by atoms with van der Waals surface area (Å²) in [5, 5.41) is 26.5. The van der Waals surface area contributed by atoms with Gasteiger partial charge in [0.15, 0.2) is 0 Å². The third-order valence-electron chi connectivity index (χ3n) is 2.38. The van der Waals surface area contributed by atoms with Gasteiger partial charge in [-0.2, -0.15) is 0 Å². The summed E-state index contributed by atoms with van der Waals surface area (Å²) in [5.74, 6) is -2.01. The lowest BCUT2D eigenvalue weighted by molar-refractivity contribution is -0.139. The Morgan fingerprint density at radius 2 is 1.71 bits per heavy atom. The maximum absolute atomic E-state index is 10.6. The Morgan fingerprint density at radius 1 is 1.12 bits per heavy atom. The van der Waals surface area contributed by atoms with E-state index in [0.29, 0.717) is 12.8 Å². The molecular weight excluding hydrogens is 224 g/mol. The lowest BCUT2D eigenvalue weighted by Gasteiger charge is -2.07. The van der Waals surface area contributed by atoms with Crippen LogP contribution in [0.2, 0.25) is 0 Å². The number of aryl methyl sites for hydroxylation is 1. The van der Waals surface area contributed by atoms with Gasteiger partial charge < -0.3 is 15.3 Å². The predicted octanol–water partition coefficient (Wildman–Crippen LogP) is 1.15. The normalized spacial score (nSPS) is 12.1. The summed E-state index contributed by atoms with van der Waals surface area (Å²) in [6.07, 6.45) is -0.271. The fraction of sp³-hybridized carbons (Fsp3) is 0.333. The molecule has 92 valence electrons. The number of carboxylic acids is 2. The summed E-state index contributed by atoms with van der Waals surface area (Å²) in [7, 11) is 0. The van der Waals surface area contributed by atoms with E-state index >= 15 is 0 Å². The highest BCUT2D eigenvalue weighted by atomic mass is 16.4. The summed E-state index contributed by atoms with van der Waals surface area (Å²) < 4.78 is 0. The van der Waals surface area contributed by atoms with Crippen molar-refractivity contribution >= 4 is 11.9 Å². The van der Waals surface area contributed by atoms with Crippen LogP contribution in [0.15, 0.2) is 24.3 Å². The molecule has 0 radical (unpaired) electrons. The number of carbonyl (C=O) groups is 2. The molecule has 0 spiro atoms. The quantitative estimate of drug-likeness (QED) is 0.691. The van der Waals surface area contributed by atoms with E-state index in [-0.39, 0.29) is 12.0 Å². The van der Waals surface area contributed by atoms with Crippen LogP contribution in [0, 0.1) is 0 Å². The highest BCUT2D eigenvalue weighted by Gasteiger charge is 2.09. The number of aliphatic hydroxyl groups is 1. The number of benzene rings is 1. The van der Waals surface area contributed by atoms with Crippen LogP contribution in [0.25, 0.3) is 0 Å². The van der Waals surface area contributed by atoms with Crippen LogP contribution in [-0.4, -0.2) is 33.4 Å². The fourth-order valence-corrected chi connectivity index (χ4v) is 1.45. The number of aliphatic hydroxyl groups excluding tert-OH is 1. The van der Waals surface area contributed by atoms with Crippen molar-refractivity contribution < 1.29 is 24.9 Å². The van der Waals surface area contributed by atoms with Gasteiger partial charge in [0.25, 0.3) is 0 Å². The molecule has 0 aliphatic heterocycles. The van der Waals surface area contributed by atoms with Crippen molar-refractivity contribution in [3.63, 3.8) is 0 Å². The highest BCUT2D eigenvalue weighted by Crippen LogP contribution is 2.09. The second-order valence-electron chi connectivity index (χ2n) is 3.79. The molecule has 5 nitrogen and oxygen atoms in total. The summed E-state index contributed by atoms with van der Waals surface area (Å²) in [4.78, 5) is 20.9. The summed E-state index contributed by atoms with van der Waals surface area (Å²) >= 11 is 0. The molecule has 1 unspecified atom stereocenters. The molecule has 0 fully saturated rings. The molecule has 3 N–H and O–H groups in total. The third kappa shape index (κ3) is 4.65. The summed E-state index contributed by atoms with van der Waals surface area (Å²) in [5.41, 5.74) is 1.08. The van der Waals surface area contributed by atoms with Crippen molar-refractivity contribution in [3.8, 4) is 0 Å². The molecule has 0 heterocycles. The number of hydrogen-bond acceptors (Lipinski definition) is 3. The van der Waals surface area contributed by atoms with Crippen molar-refractivity contribution in [2.75, 3.05) is 0 Å². The standard InChI is InChI=1S/C12H14O5/c13-10(7-11(14)15)6-3-8-1-4-9(5-2-8)12(16)17/h1-2,4-5,10,13H,3,6-7H2,(H,14,15)(H,16,17). The van der Waals surface area contributed by atoms with Crippen molar-refractivity contribution in [1.82, 2.24) is 0 Å². The van der Waals surface area contributed by atoms with Crippen LogP contribution in [0.5, 0.6) is 0 Å². The second-order valence-corrected chi connectivity index (χ2v) is 3.79. The molecule has 1 aromatic carbocycles. The van der Waals surface area contributed by atoms with E-state index in [2.05, 4.69) is 0 Å². The van der Waals surface area contributed by atoms with Crippen LogP contribution in [0.3, 0.4) is 0 Å². The van der Waals surface area contributed by atoms with Crippen LogP contribution < -0.4 is 0 Å². The average Bonchev–Trinajstić information content (AvgIpc) is 2.26. The minimum absolute atomic E-state index is 0.208. The Morgan fingerprint density at radius 3 is 2.18 bits per heavy atom. The first-order valence-corrected chi connectivity index (χ1v) is 5.21. The second kappa shape index (κ2) is 6.00. The smallest absolute Gasteiger partial charge is 0.335 e. The number of aliphatic carboxylic acids is 1. The van der Waals surface area contributed by atoms with Gasteiger partial charge >= 0.3 is 11.9 Å². The highest BCUT2D eigenvalue weighted by molar-refractivity contribution is 5.87. The van der Waals surface area contributed by atoms with Crippen molar-refractivity contribution in [2.45, 2.75) is 25.4 Å². The minimum atomic E-state index is -1.03. The molecule has 0 aliphatic rings. The van der Waals surface area contributed by atoms with Crippen LogP contribution in [-0.2, 0) is 11.2 Å². The van der Waals surface area contributed by atoms with E-state index in [1.54, 1.807) is 12.1 Å². The topological polar surface area (TPSA) is 94.8 Å². The molecule has 0 bridgehead atoms. The maximum Gasteiger partial charge on any atom is 0.335 e. The van der Waals surface area contributed by atoms with E-state index in [1.807, 2.05) is 0 Å². The molecule has 1 aromatic rings. The van der Waals surface area contributed by atoms with Crippen molar-refractivity contribution in [2.24, 2.45) is 0 Å². The molecule has 0 amide bonds. The Labute approximate surface area is 98.3 Å². The largest absolute Gasteiger partial charge is 0.481 e. The van der Waals surface area contributed by atoms with E-state index in [1.165, 1.54) is 12.1 Å². The SMILES string of the molecule is O=C(O)CC(O)CCc1ccc(C(=O)O)cc1. The molecule has 0 aliphatic carbocycles. The minimum Gasteiger partial charge on any atom is -0.481 e. The number of rotatable bonds is 6. The molecule has 0 saturated heterocycles. The van der Waals surface area contributed by atoms with Crippen molar-refractivity contribution in [3.05, 3.63) is 35.4 Å². The first kappa shape index (κ1) is 13.2. The zero-order valence-corrected chi connectivity index (χ0v) is 9.17. The van der Waals surface area contributed by atoms with Crippen LogP contribution >= 0.6 is 0 Å². The Balaban J connectivity index is 2.47. The molecule has 1 rings (SSSR count). The van der Waals surface area contributed by atoms with E-state index in [0.717, 1.165) is 5.56 Å². The van der Waals surface area contributed by atoms with Crippen molar-refractivity contribution in [1.29, 1.82) is 0 Å². The van der Waals surface area contributed by atoms with Gasteiger partial charge in [0.2, 0.25) is 0 Å². The predicted molar refractivity (Wildman–Crippen MR) is 60.0 cm³/mol. The van der Waals surface area contributed by atoms with Gasteiger partial charge in [0.1, 0.15) is 0 Å². The zero-order chi connectivity index (χ0) is 12.8. The molecule has 0 saturated carbocycles. The lowest BCUT2D eigenvalue weighted by atomic mass is 10.0. The Bertz CT molecular complexity index is 396. The van der Waals surface area contributed by atoms with Gasteiger partial charge in [-0.25, -0.2) is 4.79 Å². The molecule has 0 aromatic heterocycles. The fourth-order valence-electron chi connectivity index (χ4n) is 1.45. The van der Waals surface area contributed by atoms with Gasteiger partial charge in [0.05, 0.1) is 18.1 Å².